The van der Waals surface area contributed by atoms with Crippen LogP contribution in [-0.4, -0.2) is 31.5 Å². The summed E-state index contributed by atoms with van der Waals surface area (Å²) in [6.45, 7) is 1.12. The summed E-state index contributed by atoms with van der Waals surface area (Å²) < 4.78 is 16.2. The smallest absolute Gasteiger partial charge is 0.231 e. The molecule has 1 aliphatic carbocycles. The van der Waals surface area contributed by atoms with Crippen molar-refractivity contribution in [3.8, 4) is 17.2 Å². The minimum absolute atomic E-state index is 0.278. The molecule has 1 fully saturated rings. The van der Waals surface area contributed by atoms with Crippen LogP contribution in [0.15, 0.2) is 12.1 Å². The number of rotatable bonds is 5. The molecule has 1 aromatic rings. The van der Waals surface area contributed by atoms with Crippen LogP contribution < -0.4 is 19.5 Å². The molecule has 0 aromatic heterocycles. The molecule has 0 radical (unpaired) electrons. The number of methoxy groups -OCH3 is 1. The highest BCUT2D eigenvalue weighted by atomic mass is 32.2. The molecule has 2 aliphatic rings. The van der Waals surface area contributed by atoms with Crippen LogP contribution >= 0.6 is 11.8 Å². The summed E-state index contributed by atoms with van der Waals surface area (Å²) in [5, 5.41) is 4.46. The third kappa shape index (κ3) is 2.83. The fraction of sp³-hybridized carbons (Fsp3) is 0.600. The van der Waals surface area contributed by atoms with Crippen LogP contribution in [0.4, 0.5) is 0 Å². The molecule has 110 valence electrons. The first-order valence-electron chi connectivity index (χ1n) is 7.03. The van der Waals surface area contributed by atoms with E-state index >= 15 is 0 Å². The van der Waals surface area contributed by atoms with E-state index in [0.717, 1.165) is 29.0 Å². The van der Waals surface area contributed by atoms with E-state index in [9.17, 15) is 0 Å². The molecule has 1 saturated carbocycles. The molecule has 0 bridgehead atoms. The van der Waals surface area contributed by atoms with Crippen molar-refractivity contribution in [2.24, 2.45) is 0 Å². The Hall–Kier alpha value is -1.07. The summed E-state index contributed by atoms with van der Waals surface area (Å²) in [6, 6.07) is 4.70. The lowest BCUT2D eigenvalue weighted by molar-refractivity contribution is 0.171. The van der Waals surface area contributed by atoms with E-state index in [1.54, 1.807) is 7.11 Å². The monoisotopic (exact) mass is 295 g/mol. The molecule has 5 heteroatoms. The summed E-state index contributed by atoms with van der Waals surface area (Å²) in [4.78, 5) is 0. The zero-order valence-electron chi connectivity index (χ0n) is 12.0. The van der Waals surface area contributed by atoms with Crippen molar-refractivity contribution in [2.75, 3.05) is 20.2 Å². The van der Waals surface area contributed by atoms with Crippen molar-refractivity contribution in [1.29, 1.82) is 0 Å². The van der Waals surface area contributed by atoms with E-state index in [-0.39, 0.29) is 6.79 Å². The van der Waals surface area contributed by atoms with Crippen LogP contribution in [0, 0.1) is 0 Å². The second kappa shape index (κ2) is 6.14. The number of benzene rings is 1. The number of thioether (sulfide) groups is 1. The van der Waals surface area contributed by atoms with Gasteiger partial charge in [-0.2, -0.15) is 11.8 Å². The van der Waals surface area contributed by atoms with Crippen LogP contribution in [-0.2, 0) is 6.54 Å². The highest BCUT2D eigenvalue weighted by Crippen LogP contribution is 2.41. The first-order chi connectivity index (χ1) is 9.80. The Morgan fingerprint density at radius 1 is 1.35 bits per heavy atom. The van der Waals surface area contributed by atoms with Gasteiger partial charge in [-0.15, -0.1) is 0 Å². The van der Waals surface area contributed by atoms with E-state index in [2.05, 4.69) is 11.6 Å². The van der Waals surface area contributed by atoms with Gasteiger partial charge in [-0.05, 0) is 43.2 Å². The fourth-order valence-electron chi connectivity index (χ4n) is 2.89. The van der Waals surface area contributed by atoms with E-state index in [4.69, 9.17) is 14.2 Å². The maximum atomic E-state index is 5.45. The Kier molecular flexibility index (Phi) is 4.27. The second-order valence-corrected chi connectivity index (χ2v) is 6.42. The largest absolute Gasteiger partial charge is 0.493 e. The van der Waals surface area contributed by atoms with E-state index in [1.807, 2.05) is 23.9 Å². The molecular formula is C15H21NO3S. The van der Waals surface area contributed by atoms with Crippen LogP contribution in [0.25, 0.3) is 0 Å². The van der Waals surface area contributed by atoms with Gasteiger partial charge in [0.05, 0.1) is 7.11 Å². The van der Waals surface area contributed by atoms with Crippen molar-refractivity contribution in [2.45, 2.75) is 37.1 Å². The molecule has 1 N–H and O–H groups in total. The molecule has 0 saturated heterocycles. The van der Waals surface area contributed by atoms with Gasteiger partial charge in [0.1, 0.15) is 0 Å². The molecule has 2 unspecified atom stereocenters. The topological polar surface area (TPSA) is 39.7 Å². The van der Waals surface area contributed by atoms with Gasteiger partial charge in [0.15, 0.2) is 11.5 Å². The summed E-state index contributed by atoms with van der Waals surface area (Å²) in [5.74, 6) is 2.26. The molecule has 1 aliphatic heterocycles. The summed E-state index contributed by atoms with van der Waals surface area (Å²) in [7, 11) is 1.66. The molecule has 4 nitrogen and oxygen atoms in total. The quantitative estimate of drug-likeness (QED) is 0.904. The third-order valence-electron chi connectivity index (χ3n) is 4.03. The van der Waals surface area contributed by atoms with E-state index in [0.29, 0.717) is 6.04 Å². The van der Waals surface area contributed by atoms with Crippen molar-refractivity contribution < 1.29 is 14.2 Å². The third-order valence-corrected chi connectivity index (χ3v) is 5.13. The molecular weight excluding hydrogens is 274 g/mol. The normalized spacial score (nSPS) is 24.1. The predicted octanol–water partition coefficient (Wildman–Crippen LogP) is 2.80. The average Bonchev–Trinajstić information content (AvgIpc) is 3.12. The van der Waals surface area contributed by atoms with Crippen molar-refractivity contribution in [3.05, 3.63) is 17.7 Å². The zero-order valence-corrected chi connectivity index (χ0v) is 12.8. The van der Waals surface area contributed by atoms with Gasteiger partial charge in [-0.3, -0.25) is 0 Å². The van der Waals surface area contributed by atoms with E-state index in [1.165, 1.54) is 24.8 Å². The van der Waals surface area contributed by atoms with Crippen LogP contribution in [0.1, 0.15) is 24.8 Å². The van der Waals surface area contributed by atoms with Gasteiger partial charge >= 0.3 is 0 Å². The first-order valence-corrected chi connectivity index (χ1v) is 8.31. The second-order valence-electron chi connectivity index (χ2n) is 5.28. The summed E-state index contributed by atoms with van der Waals surface area (Å²) >= 11 is 1.98. The molecule has 20 heavy (non-hydrogen) atoms. The van der Waals surface area contributed by atoms with Crippen LogP contribution in [0.3, 0.4) is 0 Å². The Balaban J connectivity index is 1.63. The minimum atomic E-state index is 0.278. The number of ether oxygens (including phenoxy) is 3. The van der Waals surface area contributed by atoms with Crippen molar-refractivity contribution >= 4 is 11.8 Å². The fourth-order valence-corrected chi connectivity index (χ4v) is 3.68. The van der Waals surface area contributed by atoms with Crippen LogP contribution in [0.2, 0.25) is 0 Å². The van der Waals surface area contributed by atoms with Gasteiger partial charge < -0.3 is 19.5 Å². The Morgan fingerprint density at radius 3 is 3.00 bits per heavy atom. The molecule has 0 spiro atoms. The predicted molar refractivity (Wildman–Crippen MR) is 80.9 cm³/mol. The summed E-state index contributed by atoms with van der Waals surface area (Å²) in [5.41, 5.74) is 1.18. The highest BCUT2D eigenvalue weighted by Gasteiger charge is 2.24. The molecule has 3 rings (SSSR count). The Morgan fingerprint density at radius 2 is 2.25 bits per heavy atom. The number of hydrogen-bond acceptors (Lipinski definition) is 5. The van der Waals surface area contributed by atoms with Crippen molar-refractivity contribution in [3.63, 3.8) is 0 Å². The maximum Gasteiger partial charge on any atom is 0.231 e. The van der Waals surface area contributed by atoms with Gasteiger partial charge in [-0.1, -0.05) is 0 Å². The Labute approximate surface area is 124 Å². The van der Waals surface area contributed by atoms with Gasteiger partial charge in [0.2, 0.25) is 12.5 Å². The molecule has 2 atom stereocenters. The molecule has 0 amide bonds. The lowest BCUT2D eigenvalue weighted by atomic mass is 10.1. The summed E-state index contributed by atoms with van der Waals surface area (Å²) in [6.07, 6.45) is 6.06. The van der Waals surface area contributed by atoms with E-state index < -0.39 is 0 Å². The van der Waals surface area contributed by atoms with Gasteiger partial charge in [0.25, 0.3) is 0 Å². The Bertz CT molecular complexity index is 480. The zero-order chi connectivity index (χ0) is 13.9. The highest BCUT2D eigenvalue weighted by molar-refractivity contribution is 7.99. The maximum absolute atomic E-state index is 5.45. The molecule has 1 heterocycles. The van der Waals surface area contributed by atoms with Crippen LogP contribution in [0.5, 0.6) is 17.2 Å². The average molecular weight is 295 g/mol. The lowest BCUT2D eigenvalue weighted by Crippen LogP contribution is -2.26. The minimum Gasteiger partial charge on any atom is -0.493 e. The first kappa shape index (κ1) is 13.9. The lowest BCUT2D eigenvalue weighted by Gasteiger charge is -2.14. The number of fused-ring (bicyclic) bond motifs is 1. The SMILES string of the molecule is COc1cc(CNC2CCC(SC)C2)cc2c1OCO2. The van der Waals surface area contributed by atoms with Gasteiger partial charge in [0, 0.05) is 17.8 Å². The molecule has 1 aromatic carbocycles. The van der Waals surface area contributed by atoms with Gasteiger partial charge in [-0.25, -0.2) is 0 Å². The van der Waals surface area contributed by atoms with Crippen molar-refractivity contribution in [1.82, 2.24) is 5.32 Å². The number of hydrogen-bond donors (Lipinski definition) is 1. The standard InChI is InChI=1S/C15H21NO3S/c1-17-13-5-10(6-14-15(13)19-9-18-14)8-16-11-3-4-12(7-11)20-2/h5-6,11-12,16H,3-4,7-9H2,1-2H3. The number of nitrogens with one attached hydrogen (secondary N) is 1.